The van der Waals surface area contributed by atoms with Crippen LogP contribution < -0.4 is 0 Å². The second kappa shape index (κ2) is 5.62. The first-order valence-corrected chi connectivity index (χ1v) is 6.70. The van der Waals surface area contributed by atoms with Crippen LogP contribution in [-0.4, -0.2) is 4.98 Å². The van der Waals surface area contributed by atoms with Crippen molar-refractivity contribution in [1.29, 1.82) is 0 Å². The third kappa shape index (κ3) is 2.93. The minimum absolute atomic E-state index is 0.0782. The molecule has 3 rings (SSSR count). The maximum absolute atomic E-state index is 13.5. The molecule has 0 fully saturated rings. The number of fused-ring (bicyclic) bond motifs is 1. The molecular weight excluding hydrogens is 292 g/mol. The van der Waals surface area contributed by atoms with E-state index in [2.05, 4.69) is 4.98 Å². The average Bonchev–Trinajstić information content (AvgIpc) is 2.46. The number of aromatic nitrogens is 1. The third-order valence-electron chi connectivity index (χ3n) is 3.10. The van der Waals surface area contributed by atoms with E-state index >= 15 is 0 Å². The van der Waals surface area contributed by atoms with Crippen molar-refractivity contribution >= 4 is 34.7 Å². The Bertz CT molecular complexity index is 823. The van der Waals surface area contributed by atoms with Crippen LogP contribution >= 0.6 is 11.6 Å². The van der Waals surface area contributed by atoms with Gasteiger partial charge < -0.3 is 0 Å². The summed E-state index contributed by atoms with van der Waals surface area (Å²) in [5.74, 6) is -1.20. The van der Waals surface area contributed by atoms with Gasteiger partial charge in [0.1, 0.15) is 11.6 Å². The first kappa shape index (κ1) is 13.7. The van der Waals surface area contributed by atoms with Crippen LogP contribution in [0.25, 0.3) is 23.1 Å². The fourth-order valence-electron chi connectivity index (χ4n) is 2.04. The molecule has 0 spiro atoms. The molecule has 1 aromatic heterocycles. The monoisotopic (exact) mass is 301 g/mol. The number of benzene rings is 2. The van der Waals surface area contributed by atoms with Gasteiger partial charge >= 0.3 is 0 Å². The molecule has 2 aromatic carbocycles. The van der Waals surface area contributed by atoms with Crippen molar-refractivity contribution < 1.29 is 8.78 Å². The standard InChI is InChI=1S/C17H10ClF2N/c18-12-6-4-11-5-7-13(21-17(11)10-12)8-9-14-15(19)2-1-3-16(14)20/h1-10H/b9-8+. The summed E-state index contributed by atoms with van der Waals surface area (Å²) < 4.78 is 27.1. The third-order valence-corrected chi connectivity index (χ3v) is 3.33. The highest BCUT2D eigenvalue weighted by atomic mass is 35.5. The van der Waals surface area contributed by atoms with E-state index in [0.29, 0.717) is 10.7 Å². The summed E-state index contributed by atoms with van der Waals surface area (Å²) in [6, 6.07) is 12.8. The van der Waals surface area contributed by atoms with E-state index in [4.69, 9.17) is 11.6 Å². The van der Waals surface area contributed by atoms with Crippen molar-refractivity contribution in [3.63, 3.8) is 0 Å². The molecule has 0 unspecified atom stereocenters. The van der Waals surface area contributed by atoms with E-state index in [1.807, 2.05) is 12.1 Å². The van der Waals surface area contributed by atoms with Gasteiger partial charge in [-0.15, -0.1) is 0 Å². The van der Waals surface area contributed by atoms with Gasteiger partial charge in [-0.2, -0.15) is 0 Å². The number of pyridine rings is 1. The fourth-order valence-corrected chi connectivity index (χ4v) is 2.20. The van der Waals surface area contributed by atoms with Crippen LogP contribution in [0.4, 0.5) is 8.78 Å². The van der Waals surface area contributed by atoms with Gasteiger partial charge in [-0.3, -0.25) is 0 Å². The molecule has 0 atom stereocenters. The molecule has 1 heterocycles. The average molecular weight is 302 g/mol. The van der Waals surface area contributed by atoms with Crippen LogP contribution in [0.3, 0.4) is 0 Å². The molecule has 0 saturated carbocycles. The van der Waals surface area contributed by atoms with Gasteiger partial charge in [-0.25, -0.2) is 13.8 Å². The van der Waals surface area contributed by atoms with Crippen molar-refractivity contribution in [2.24, 2.45) is 0 Å². The number of rotatable bonds is 2. The zero-order valence-corrected chi connectivity index (χ0v) is 11.6. The van der Waals surface area contributed by atoms with E-state index < -0.39 is 11.6 Å². The Kier molecular flexibility index (Phi) is 3.67. The molecule has 104 valence electrons. The van der Waals surface area contributed by atoms with Crippen molar-refractivity contribution in [3.8, 4) is 0 Å². The van der Waals surface area contributed by atoms with Crippen molar-refractivity contribution in [2.75, 3.05) is 0 Å². The predicted molar refractivity (Wildman–Crippen MR) is 82.0 cm³/mol. The molecule has 0 N–H and O–H groups in total. The van der Waals surface area contributed by atoms with Crippen LogP contribution in [0.2, 0.25) is 5.02 Å². The normalized spacial score (nSPS) is 11.4. The highest BCUT2D eigenvalue weighted by molar-refractivity contribution is 6.31. The lowest BCUT2D eigenvalue weighted by atomic mass is 10.1. The van der Waals surface area contributed by atoms with Crippen LogP contribution in [0.15, 0.2) is 48.5 Å². The molecule has 0 aliphatic rings. The lowest BCUT2D eigenvalue weighted by molar-refractivity contribution is 0.579. The summed E-state index contributed by atoms with van der Waals surface area (Å²) in [6.45, 7) is 0. The Hall–Kier alpha value is -2.26. The van der Waals surface area contributed by atoms with E-state index in [9.17, 15) is 8.78 Å². The molecule has 0 bridgehead atoms. The van der Waals surface area contributed by atoms with Gasteiger partial charge in [-0.05, 0) is 42.5 Å². The SMILES string of the molecule is Fc1cccc(F)c1/C=C/c1ccc2ccc(Cl)cc2n1. The van der Waals surface area contributed by atoms with Gasteiger partial charge in [0.25, 0.3) is 0 Å². The summed E-state index contributed by atoms with van der Waals surface area (Å²) in [7, 11) is 0. The minimum Gasteiger partial charge on any atom is -0.248 e. The van der Waals surface area contributed by atoms with Gasteiger partial charge in [-0.1, -0.05) is 29.8 Å². The maximum Gasteiger partial charge on any atom is 0.133 e. The van der Waals surface area contributed by atoms with E-state index in [-0.39, 0.29) is 5.56 Å². The molecule has 1 nitrogen and oxygen atoms in total. The molecule has 0 aliphatic heterocycles. The summed E-state index contributed by atoms with van der Waals surface area (Å²) >= 11 is 5.93. The number of hydrogen-bond acceptors (Lipinski definition) is 1. The van der Waals surface area contributed by atoms with Gasteiger partial charge in [0.15, 0.2) is 0 Å². The zero-order chi connectivity index (χ0) is 14.8. The number of halogens is 3. The first-order chi connectivity index (χ1) is 10.1. The number of hydrogen-bond donors (Lipinski definition) is 0. The van der Waals surface area contributed by atoms with Crippen molar-refractivity contribution in [2.45, 2.75) is 0 Å². The topological polar surface area (TPSA) is 12.9 Å². The molecule has 3 aromatic rings. The highest BCUT2D eigenvalue weighted by Crippen LogP contribution is 2.20. The summed E-state index contributed by atoms with van der Waals surface area (Å²) in [6.07, 6.45) is 2.95. The van der Waals surface area contributed by atoms with Crippen molar-refractivity contribution in [1.82, 2.24) is 4.98 Å². The van der Waals surface area contributed by atoms with E-state index in [1.165, 1.54) is 24.3 Å². The molecular formula is C17H10ClF2N. The second-order valence-corrected chi connectivity index (χ2v) is 4.98. The van der Waals surface area contributed by atoms with Gasteiger partial charge in [0.2, 0.25) is 0 Å². The Morgan fingerprint density at radius 1 is 0.905 bits per heavy atom. The Labute approximate surface area is 125 Å². The van der Waals surface area contributed by atoms with Gasteiger partial charge in [0.05, 0.1) is 11.2 Å². The van der Waals surface area contributed by atoms with E-state index in [0.717, 1.165) is 10.9 Å². The van der Waals surface area contributed by atoms with Crippen LogP contribution in [0, 0.1) is 11.6 Å². The molecule has 0 radical (unpaired) electrons. The molecule has 4 heteroatoms. The lowest BCUT2D eigenvalue weighted by Crippen LogP contribution is -1.88. The van der Waals surface area contributed by atoms with Crippen LogP contribution in [0.5, 0.6) is 0 Å². The molecule has 0 saturated heterocycles. The van der Waals surface area contributed by atoms with Crippen LogP contribution in [-0.2, 0) is 0 Å². The first-order valence-electron chi connectivity index (χ1n) is 6.32. The lowest BCUT2D eigenvalue weighted by Gasteiger charge is -2.01. The van der Waals surface area contributed by atoms with Crippen molar-refractivity contribution in [3.05, 3.63) is 76.4 Å². The van der Waals surface area contributed by atoms with E-state index in [1.54, 1.807) is 24.3 Å². The maximum atomic E-state index is 13.5. The smallest absolute Gasteiger partial charge is 0.133 e. The van der Waals surface area contributed by atoms with Crippen LogP contribution in [0.1, 0.15) is 11.3 Å². The largest absolute Gasteiger partial charge is 0.248 e. The fraction of sp³-hybridized carbons (Fsp3) is 0. The zero-order valence-electron chi connectivity index (χ0n) is 10.9. The minimum atomic E-state index is -0.602. The summed E-state index contributed by atoms with van der Waals surface area (Å²) in [5, 5.41) is 1.55. The number of nitrogens with zero attached hydrogens (tertiary/aromatic N) is 1. The predicted octanol–water partition coefficient (Wildman–Crippen LogP) is 5.34. The quantitative estimate of drug-likeness (QED) is 0.623. The van der Waals surface area contributed by atoms with Gasteiger partial charge in [0, 0.05) is 16.0 Å². The molecule has 0 amide bonds. The summed E-state index contributed by atoms with van der Waals surface area (Å²) in [5.41, 5.74) is 1.26. The Morgan fingerprint density at radius 2 is 1.62 bits per heavy atom. The molecule has 0 aliphatic carbocycles. The highest BCUT2D eigenvalue weighted by Gasteiger charge is 2.04. The Balaban J connectivity index is 1.99. The second-order valence-electron chi connectivity index (χ2n) is 4.54. The molecule has 21 heavy (non-hydrogen) atoms. The summed E-state index contributed by atoms with van der Waals surface area (Å²) in [4.78, 5) is 4.39. The Morgan fingerprint density at radius 3 is 2.38 bits per heavy atom.